The number of rotatable bonds is 11. The lowest BCUT2D eigenvalue weighted by molar-refractivity contribution is 0.266. The number of hydrogen-bond acceptors (Lipinski definition) is 4. The van der Waals surface area contributed by atoms with E-state index in [9.17, 15) is 10.2 Å². The third-order valence-electron chi connectivity index (χ3n) is 7.41. The van der Waals surface area contributed by atoms with Gasteiger partial charge in [-0.25, -0.2) is 0 Å². The molecule has 0 amide bonds. The molecule has 0 unspecified atom stereocenters. The Morgan fingerprint density at radius 3 is 1.00 bits per heavy atom. The van der Waals surface area contributed by atoms with E-state index < -0.39 is 0 Å². The van der Waals surface area contributed by atoms with E-state index in [-0.39, 0.29) is 22.3 Å². The van der Waals surface area contributed by atoms with Crippen molar-refractivity contribution in [2.45, 2.75) is 51.4 Å². The summed E-state index contributed by atoms with van der Waals surface area (Å²) < 4.78 is 11.9. The molecule has 0 fully saturated rings. The lowest BCUT2D eigenvalue weighted by Gasteiger charge is -2.26. The van der Waals surface area contributed by atoms with Gasteiger partial charge in [0.2, 0.25) is 0 Å². The number of phenols is 2. The molecule has 4 nitrogen and oxygen atoms in total. The molecule has 0 heterocycles. The highest BCUT2D eigenvalue weighted by atomic mass is 16.5. The van der Waals surface area contributed by atoms with Crippen molar-refractivity contribution in [2.75, 3.05) is 13.2 Å². The molecule has 0 aliphatic carbocycles. The first-order chi connectivity index (χ1) is 18.2. The monoisotopic (exact) mass is 510 g/mol. The molecule has 4 aromatic carbocycles. The standard InChI is InChI=1S/C34H38O4/c1-33(2,25-7-15-29(35)16-8-25)27-11-19-31(20-12-27)37-23-5-6-24-38-32-21-13-28(14-22-32)34(3,4)26-9-17-30(36)18-10-26/h7-22,35-36H,5-6,23-24H2,1-4H3. The lowest BCUT2D eigenvalue weighted by atomic mass is 9.78. The van der Waals surface area contributed by atoms with Crippen LogP contribution in [0.4, 0.5) is 0 Å². The summed E-state index contributed by atoms with van der Waals surface area (Å²) in [5.41, 5.74) is 4.37. The van der Waals surface area contributed by atoms with Gasteiger partial charge < -0.3 is 19.7 Å². The lowest BCUT2D eigenvalue weighted by Crippen LogP contribution is -2.18. The molecule has 0 aromatic heterocycles. The summed E-state index contributed by atoms with van der Waals surface area (Å²) in [6.45, 7) is 10.0. The van der Waals surface area contributed by atoms with Crippen molar-refractivity contribution < 1.29 is 19.7 Å². The van der Waals surface area contributed by atoms with Crippen LogP contribution in [0.2, 0.25) is 0 Å². The molecule has 4 rings (SSSR count). The minimum atomic E-state index is -0.164. The van der Waals surface area contributed by atoms with Crippen molar-refractivity contribution in [1.29, 1.82) is 0 Å². The van der Waals surface area contributed by atoms with Crippen molar-refractivity contribution in [2.24, 2.45) is 0 Å². The average Bonchev–Trinajstić information content (AvgIpc) is 2.92. The Morgan fingerprint density at radius 1 is 0.447 bits per heavy atom. The Balaban J connectivity index is 1.20. The smallest absolute Gasteiger partial charge is 0.119 e. The van der Waals surface area contributed by atoms with Crippen molar-refractivity contribution in [3.8, 4) is 23.0 Å². The van der Waals surface area contributed by atoms with Gasteiger partial charge in [-0.3, -0.25) is 0 Å². The highest BCUT2D eigenvalue weighted by molar-refractivity contribution is 5.43. The van der Waals surface area contributed by atoms with Gasteiger partial charge in [-0.2, -0.15) is 0 Å². The summed E-state index contributed by atoms with van der Waals surface area (Å²) in [5.74, 6) is 2.29. The number of unbranched alkanes of at least 4 members (excludes halogenated alkanes) is 1. The van der Waals surface area contributed by atoms with Crippen LogP contribution in [0.5, 0.6) is 23.0 Å². The predicted octanol–water partition coefficient (Wildman–Crippen LogP) is 7.99. The van der Waals surface area contributed by atoms with Crippen molar-refractivity contribution >= 4 is 0 Å². The summed E-state index contributed by atoms with van der Waals surface area (Å²) in [6.07, 6.45) is 1.82. The predicted molar refractivity (Wildman–Crippen MR) is 154 cm³/mol. The van der Waals surface area contributed by atoms with Gasteiger partial charge in [-0.05, 0) is 83.6 Å². The molecule has 0 saturated carbocycles. The first-order valence-electron chi connectivity index (χ1n) is 13.2. The van der Waals surface area contributed by atoms with Gasteiger partial charge in [0.25, 0.3) is 0 Å². The van der Waals surface area contributed by atoms with Gasteiger partial charge in [-0.15, -0.1) is 0 Å². The van der Waals surface area contributed by atoms with E-state index in [4.69, 9.17) is 9.47 Å². The second kappa shape index (κ2) is 11.6. The van der Waals surface area contributed by atoms with E-state index in [1.807, 2.05) is 48.5 Å². The van der Waals surface area contributed by atoms with Crippen LogP contribution >= 0.6 is 0 Å². The molecule has 38 heavy (non-hydrogen) atoms. The Morgan fingerprint density at radius 2 is 0.711 bits per heavy atom. The maximum atomic E-state index is 9.57. The quantitative estimate of drug-likeness (QED) is 0.201. The van der Waals surface area contributed by atoms with Crippen molar-refractivity contribution in [3.05, 3.63) is 119 Å². The summed E-state index contributed by atoms with van der Waals surface area (Å²) in [6, 6.07) is 31.3. The first-order valence-corrected chi connectivity index (χ1v) is 13.2. The van der Waals surface area contributed by atoms with Crippen LogP contribution < -0.4 is 9.47 Å². The van der Waals surface area contributed by atoms with Gasteiger partial charge >= 0.3 is 0 Å². The molecule has 0 aliphatic rings. The Kier molecular flexibility index (Phi) is 8.31. The molecule has 0 bridgehead atoms. The van der Waals surface area contributed by atoms with Gasteiger partial charge in [0.1, 0.15) is 23.0 Å². The van der Waals surface area contributed by atoms with Crippen LogP contribution in [0.15, 0.2) is 97.1 Å². The highest BCUT2D eigenvalue weighted by Gasteiger charge is 2.24. The summed E-state index contributed by atoms with van der Waals surface area (Å²) in [4.78, 5) is 0. The summed E-state index contributed by atoms with van der Waals surface area (Å²) in [7, 11) is 0. The maximum Gasteiger partial charge on any atom is 0.119 e. The molecule has 0 radical (unpaired) electrons. The Labute approximate surface area is 226 Å². The molecule has 0 atom stereocenters. The first kappa shape index (κ1) is 27.1. The third-order valence-corrected chi connectivity index (χ3v) is 7.41. The summed E-state index contributed by atoms with van der Waals surface area (Å²) >= 11 is 0. The normalized spacial score (nSPS) is 11.8. The minimum absolute atomic E-state index is 0.164. The third kappa shape index (κ3) is 6.49. The minimum Gasteiger partial charge on any atom is -0.508 e. The average molecular weight is 511 g/mol. The van der Waals surface area contributed by atoms with Crippen LogP contribution in [0.25, 0.3) is 0 Å². The van der Waals surface area contributed by atoms with E-state index in [0.717, 1.165) is 35.5 Å². The molecule has 4 heteroatoms. The molecule has 0 aliphatic heterocycles. The van der Waals surface area contributed by atoms with Gasteiger partial charge in [0.15, 0.2) is 0 Å². The van der Waals surface area contributed by atoms with E-state index in [2.05, 4.69) is 52.0 Å². The van der Waals surface area contributed by atoms with Crippen molar-refractivity contribution in [3.63, 3.8) is 0 Å². The zero-order chi connectivity index (χ0) is 27.2. The molecule has 198 valence electrons. The van der Waals surface area contributed by atoms with Crippen LogP contribution in [-0.4, -0.2) is 23.4 Å². The number of phenolic OH excluding ortho intramolecular Hbond substituents is 2. The molecule has 0 spiro atoms. The maximum absolute atomic E-state index is 9.57. The van der Waals surface area contributed by atoms with Crippen molar-refractivity contribution in [1.82, 2.24) is 0 Å². The van der Waals surface area contributed by atoms with E-state index in [1.165, 1.54) is 11.1 Å². The fourth-order valence-corrected chi connectivity index (χ4v) is 4.61. The topological polar surface area (TPSA) is 58.9 Å². The van der Waals surface area contributed by atoms with Gasteiger partial charge in [0.05, 0.1) is 13.2 Å². The molecule has 2 N–H and O–H groups in total. The van der Waals surface area contributed by atoms with Crippen LogP contribution in [0.1, 0.15) is 62.8 Å². The SMILES string of the molecule is CC(C)(c1ccc(O)cc1)c1ccc(OCCCCOc2ccc(C(C)(C)c3ccc(O)cc3)cc2)cc1. The highest BCUT2D eigenvalue weighted by Crippen LogP contribution is 2.34. The number of ether oxygens (including phenoxy) is 2. The number of aromatic hydroxyl groups is 2. The fraction of sp³-hybridized carbons (Fsp3) is 0.294. The second-order valence-electron chi connectivity index (χ2n) is 10.8. The number of hydrogen-bond donors (Lipinski definition) is 2. The van der Waals surface area contributed by atoms with Crippen LogP contribution in [0, 0.1) is 0 Å². The van der Waals surface area contributed by atoms with E-state index in [0.29, 0.717) is 13.2 Å². The van der Waals surface area contributed by atoms with E-state index in [1.54, 1.807) is 24.3 Å². The molecule has 0 saturated heterocycles. The zero-order valence-corrected chi connectivity index (χ0v) is 22.8. The number of benzene rings is 4. The molecule has 4 aromatic rings. The molecular weight excluding hydrogens is 472 g/mol. The van der Waals surface area contributed by atoms with Crippen LogP contribution in [0.3, 0.4) is 0 Å². The Hall–Kier alpha value is -3.92. The second-order valence-corrected chi connectivity index (χ2v) is 10.8. The van der Waals surface area contributed by atoms with Gasteiger partial charge in [-0.1, -0.05) is 76.2 Å². The molecular formula is C34H38O4. The summed E-state index contributed by atoms with van der Waals surface area (Å²) in [5, 5.41) is 19.1. The van der Waals surface area contributed by atoms with Crippen LogP contribution in [-0.2, 0) is 10.8 Å². The van der Waals surface area contributed by atoms with E-state index >= 15 is 0 Å². The zero-order valence-electron chi connectivity index (χ0n) is 22.8. The largest absolute Gasteiger partial charge is 0.508 e. The van der Waals surface area contributed by atoms with Gasteiger partial charge in [0, 0.05) is 10.8 Å². The fourth-order valence-electron chi connectivity index (χ4n) is 4.61. The Bertz CT molecular complexity index is 1180.